The monoisotopic (exact) mass is 293 g/mol. The number of hydrogen-bond donors (Lipinski definition) is 2. The van der Waals surface area contributed by atoms with Crippen molar-refractivity contribution in [2.45, 2.75) is 6.42 Å². The number of methoxy groups -OCH3 is 1. The molecule has 0 saturated carbocycles. The van der Waals surface area contributed by atoms with Crippen LogP contribution in [0.25, 0.3) is 5.69 Å². The Kier molecular flexibility index (Phi) is 4.76. The highest BCUT2D eigenvalue weighted by Gasteiger charge is 2.16. The number of carbonyl (C=O) groups excluding carboxylic acids is 1. The van der Waals surface area contributed by atoms with Crippen LogP contribution in [0.5, 0.6) is 11.5 Å². The molecule has 2 N–H and O–H groups in total. The molecule has 0 atom stereocenters. The SMILES string of the molecule is COc1ccc(-n2cc(O)c(C(=O)NCCCF)n2)cc1. The third-order valence-corrected chi connectivity index (χ3v) is 2.84. The van der Waals surface area contributed by atoms with Gasteiger partial charge in [0.1, 0.15) is 5.75 Å². The van der Waals surface area contributed by atoms with Crippen LogP contribution in [0, 0.1) is 0 Å². The first-order chi connectivity index (χ1) is 10.2. The Labute approximate surface area is 121 Å². The Bertz CT molecular complexity index is 610. The molecule has 0 aliphatic rings. The molecule has 6 nitrogen and oxygen atoms in total. The summed E-state index contributed by atoms with van der Waals surface area (Å²) in [6, 6.07) is 6.98. The summed E-state index contributed by atoms with van der Waals surface area (Å²) in [7, 11) is 1.56. The van der Waals surface area contributed by atoms with Crippen LogP contribution < -0.4 is 10.1 Å². The molecule has 1 amide bonds. The Morgan fingerprint density at radius 2 is 2.14 bits per heavy atom. The average molecular weight is 293 g/mol. The van der Waals surface area contributed by atoms with Crippen LogP contribution >= 0.6 is 0 Å². The third-order valence-electron chi connectivity index (χ3n) is 2.84. The lowest BCUT2D eigenvalue weighted by Crippen LogP contribution is -2.25. The molecular weight excluding hydrogens is 277 g/mol. The van der Waals surface area contributed by atoms with Crippen molar-refractivity contribution in [3.8, 4) is 17.2 Å². The van der Waals surface area contributed by atoms with Crippen molar-refractivity contribution < 1.29 is 19.0 Å². The second-order valence-corrected chi connectivity index (χ2v) is 4.30. The molecule has 0 spiro atoms. The van der Waals surface area contributed by atoms with Gasteiger partial charge in [0.05, 0.1) is 25.7 Å². The third kappa shape index (κ3) is 3.50. The van der Waals surface area contributed by atoms with Crippen molar-refractivity contribution >= 4 is 5.91 Å². The van der Waals surface area contributed by atoms with Gasteiger partial charge < -0.3 is 15.2 Å². The van der Waals surface area contributed by atoms with Crippen molar-refractivity contribution in [1.82, 2.24) is 15.1 Å². The first kappa shape index (κ1) is 14.8. The number of halogens is 1. The molecule has 0 fully saturated rings. The number of alkyl halides is 1. The van der Waals surface area contributed by atoms with Gasteiger partial charge in [-0.25, -0.2) is 4.68 Å². The average Bonchev–Trinajstić information content (AvgIpc) is 2.89. The highest BCUT2D eigenvalue weighted by atomic mass is 19.1. The van der Waals surface area contributed by atoms with Crippen molar-refractivity contribution in [2.24, 2.45) is 0 Å². The zero-order chi connectivity index (χ0) is 15.2. The summed E-state index contributed by atoms with van der Waals surface area (Å²) in [4.78, 5) is 11.8. The second-order valence-electron chi connectivity index (χ2n) is 4.30. The van der Waals surface area contributed by atoms with E-state index >= 15 is 0 Å². The minimum absolute atomic E-state index is 0.0929. The summed E-state index contributed by atoms with van der Waals surface area (Å²) in [6.45, 7) is -0.309. The fourth-order valence-electron chi connectivity index (χ4n) is 1.75. The van der Waals surface area contributed by atoms with E-state index in [1.807, 2.05) is 0 Å². The van der Waals surface area contributed by atoms with Gasteiger partial charge in [-0.2, -0.15) is 5.10 Å². The summed E-state index contributed by atoms with van der Waals surface area (Å²) in [5, 5.41) is 16.3. The number of carbonyl (C=O) groups is 1. The Morgan fingerprint density at radius 3 is 2.76 bits per heavy atom. The first-order valence-electron chi connectivity index (χ1n) is 6.43. The maximum absolute atomic E-state index is 12.0. The molecule has 0 saturated heterocycles. The molecule has 0 radical (unpaired) electrons. The number of ether oxygens (including phenoxy) is 1. The van der Waals surface area contributed by atoms with Gasteiger partial charge in [0.25, 0.3) is 5.91 Å². The molecule has 21 heavy (non-hydrogen) atoms. The van der Waals surface area contributed by atoms with Crippen LogP contribution in [0.2, 0.25) is 0 Å². The summed E-state index contributed by atoms with van der Waals surface area (Å²) < 4.78 is 18.4. The van der Waals surface area contributed by atoms with E-state index in [4.69, 9.17) is 4.74 Å². The van der Waals surface area contributed by atoms with Crippen LogP contribution in [-0.4, -0.2) is 41.1 Å². The van der Waals surface area contributed by atoms with Crippen molar-refractivity contribution in [1.29, 1.82) is 0 Å². The predicted octanol–water partition coefficient (Wildman–Crippen LogP) is 1.68. The number of rotatable bonds is 6. The second kappa shape index (κ2) is 6.74. The maximum Gasteiger partial charge on any atom is 0.275 e. The van der Waals surface area contributed by atoms with E-state index in [1.165, 1.54) is 10.9 Å². The zero-order valence-corrected chi connectivity index (χ0v) is 11.5. The van der Waals surface area contributed by atoms with Gasteiger partial charge in [0.2, 0.25) is 0 Å². The van der Waals surface area contributed by atoms with E-state index in [-0.39, 0.29) is 24.4 Å². The number of nitrogens with one attached hydrogen (secondary N) is 1. The van der Waals surface area contributed by atoms with E-state index in [1.54, 1.807) is 31.4 Å². The molecule has 2 rings (SSSR count). The molecule has 112 valence electrons. The van der Waals surface area contributed by atoms with Crippen LogP contribution in [0.1, 0.15) is 16.9 Å². The van der Waals surface area contributed by atoms with Gasteiger partial charge >= 0.3 is 0 Å². The fraction of sp³-hybridized carbons (Fsp3) is 0.286. The first-order valence-corrected chi connectivity index (χ1v) is 6.43. The lowest BCUT2D eigenvalue weighted by Gasteiger charge is -2.03. The topological polar surface area (TPSA) is 76.4 Å². The van der Waals surface area contributed by atoms with E-state index in [9.17, 15) is 14.3 Å². The van der Waals surface area contributed by atoms with Crippen molar-refractivity contribution in [3.05, 3.63) is 36.2 Å². The van der Waals surface area contributed by atoms with Gasteiger partial charge in [0.15, 0.2) is 11.4 Å². The summed E-state index contributed by atoms with van der Waals surface area (Å²) >= 11 is 0. The molecule has 7 heteroatoms. The number of amides is 1. The fourth-order valence-corrected chi connectivity index (χ4v) is 1.75. The number of hydrogen-bond acceptors (Lipinski definition) is 4. The Balaban J connectivity index is 2.15. The molecule has 2 aromatic rings. The van der Waals surface area contributed by atoms with Crippen LogP contribution in [-0.2, 0) is 0 Å². The predicted molar refractivity (Wildman–Crippen MR) is 74.7 cm³/mol. The minimum Gasteiger partial charge on any atom is -0.504 e. The number of aromatic hydroxyl groups is 1. The van der Waals surface area contributed by atoms with Gasteiger partial charge in [-0.3, -0.25) is 9.18 Å². The quantitative estimate of drug-likeness (QED) is 0.794. The maximum atomic E-state index is 12.0. The summed E-state index contributed by atoms with van der Waals surface area (Å²) in [6.07, 6.45) is 1.57. The number of benzene rings is 1. The molecule has 0 aliphatic carbocycles. The Hall–Kier alpha value is -2.57. The summed E-state index contributed by atoms with van der Waals surface area (Å²) in [5.41, 5.74) is 0.582. The molecule has 0 aliphatic heterocycles. The highest BCUT2D eigenvalue weighted by Crippen LogP contribution is 2.20. The summed E-state index contributed by atoms with van der Waals surface area (Å²) in [5.74, 6) is -0.0731. The van der Waals surface area contributed by atoms with Crippen LogP contribution in [0.3, 0.4) is 0 Å². The van der Waals surface area contributed by atoms with Crippen LogP contribution in [0.15, 0.2) is 30.5 Å². The minimum atomic E-state index is -0.534. The van der Waals surface area contributed by atoms with Gasteiger partial charge in [0, 0.05) is 6.54 Å². The smallest absolute Gasteiger partial charge is 0.275 e. The molecule has 0 bridgehead atoms. The molecular formula is C14H16FN3O3. The van der Waals surface area contributed by atoms with E-state index in [0.29, 0.717) is 11.4 Å². The van der Waals surface area contributed by atoms with Crippen molar-refractivity contribution in [3.63, 3.8) is 0 Å². The van der Waals surface area contributed by atoms with E-state index in [2.05, 4.69) is 10.4 Å². The standard InChI is InChI=1S/C14H16FN3O3/c1-21-11-5-3-10(4-6-11)18-9-12(19)13(17-18)14(20)16-8-2-7-15/h3-6,9,19H,2,7-8H2,1H3,(H,16,20). The van der Waals surface area contributed by atoms with Gasteiger partial charge in [-0.1, -0.05) is 0 Å². The number of aromatic nitrogens is 2. The zero-order valence-electron chi connectivity index (χ0n) is 11.5. The number of nitrogens with zero attached hydrogens (tertiary/aromatic N) is 2. The molecule has 1 heterocycles. The highest BCUT2D eigenvalue weighted by molar-refractivity contribution is 5.94. The molecule has 1 aromatic heterocycles. The van der Waals surface area contributed by atoms with E-state index < -0.39 is 12.6 Å². The Morgan fingerprint density at radius 1 is 1.43 bits per heavy atom. The van der Waals surface area contributed by atoms with Gasteiger partial charge in [-0.15, -0.1) is 0 Å². The van der Waals surface area contributed by atoms with E-state index in [0.717, 1.165) is 0 Å². The molecule has 0 unspecified atom stereocenters. The van der Waals surface area contributed by atoms with Crippen molar-refractivity contribution in [2.75, 3.05) is 20.3 Å². The lowest BCUT2D eigenvalue weighted by atomic mass is 10.3. The largest absolute Gasteiger partial charge is 0.504 e. The lowest BCUT2D eigenvalue weighted by molar-refractivity contribution is 0.0944. The van der Waals surface area contributed by atoms with Gasteiger partial charge in [-0.05, 0) is 30.7 Å². The normalized spacial score (nSPS) is 10.4. The molecule has 1 aromatic carbocycles. The van der Waals surface area contributed by atoms with Crippen LogP contribution in [0.4, 0.5) is 4.39 Å².